The van der Waals surface area contributed by atoms with E-state index in [2.05, 4.69) is 30.6 Å². The van der Waals surface area contributed by atoms with Crippen LogP contribution in [0, 0.1) is 5.41 Å². The molecule has 0 rings (SSSR count). The first-order chi connectivity index (χ1) is 7.23. The van der Waals surface area contributed by atoms with Gasteiger partial charge in [0.05, 0.1) is 12.1 Å². The summed E-state index contributed by atoms with van der Waals surface area (Å²) in [6.45, 7) is 5.41. The SMILES string of the molecule is CC(C)(C)C(=O)[C@H](CS)NC(=O)[C@@H](N)CS. The molecule has 0 heterocycles. The zero-order valence-corrected chi connectivity index (χ0v) is 11.6. The summed E-state index contributed by atoms with van der Waals surface area (Å²) in [6.07, 6.45) is 0. The molecule has 3 N–H and O–H groups in total. The van der Waals surface area contributed by atoms with Gasteiger partial charge in [0, 0.05) is 16.9 Å². The predicted octanol–water partition coefficient (Wildman–Crippen LogP) is 0.273. The molecule has 0 spiro atoms. The van der Waals surface area contributed by atoms with Crippen LogP contribution in [0.1, 0.15) is 20.8 Å². The molecule has 0 radical (unpaired) electrons. The lowest BCUT2D eigenvalue weighted by Gasteiger charge is -2.25. The van der Waals surface area contributed by atoms with Crippen molar-refractivity contribution in [1.82, 2.24) is 5.32 Å². The van der Waals surface area contributed by atoms with Crippen LogP contribution in [0.15, 0.2) is 0 Å². The van der Waals surface area contributed by atoms with Crippen molar-refractivity contribution >= 4 is 36.9 Å². The molecule has 1 amide bonds. The van der Waals surface area contributed by atoms with Gasteiger partial charge < -0.3 is 11.1 Å². The second kappa shape index (κ2) is 6.51. The number of thiol groups is 2. The Hall–Kier alpha value is -0.200. The molecular weight excluding hydrogens is 244 g/mol. The first-order valence-corrected chi connectivity index (χ1v) is 6.32. The molecule has 0 fully saturated rings. The molecule has 0 saturated heterocycles. The highest BCUT2D eigenvalue weighted by atomic mass is 32.1. The van der Waals surface area contributed by atoms with Gasteiger partial charge in [0.2, 0.25) is 5.91 Å². The molecule has 0 aliphatic carbocycles. The molecule has 2 atom stereocenters. The first-order valence-electron chi connectivity index (χ1n) is 5.06. The summed E-state index contributed by atoms with van der Waals surface area (Å²) in [4.78, 5) is 23.4. The van der Waals surface area contributed by atoms with Crippen LogP contribution in [0.4, 0.5) is 0 Å². The molecule has 0 unspecified atom stereocenters. The number of nitrogens with one attached hydrogen (secondary N) is 1. The van der Waals surface area contributed by atoms with E-state index in [1.807, 2.05) is 0 Å². The van der Waals surface area contributed by atoms with Crippen LogP contribution in [0.25, 0.3) is 0 Å². The van der Waals surface area contributed by atoms with Crippen molar-refractivity contribution in [3.63, 3.8) is 0 Å². The molecular formula is C10H20N2O2S2. The maximum absolute atomic E-state index is 11.9. The van der Waals surface area contributed by atoms with E-state index in [0.717, 1.165) is 0 Å². The van der Waals surface area contributed by atoms with Crippen LogP contribution < -0.4 is 11.1 Å². The number of amides is 1. The minimum absolute atomic E-state index is 0.0535. The number of rotatable bonds is 5. The molecule has 0 aromatic carbocycles. The van der Waals surface area contributed by atoms with Crippen molar-refractivity contribution in [1.29, 1.82) is 0 Å². The molecule has 6 heteroatoms. The van der Waals surface area contributed by atoms with Gasteiger partial charge in [-0.05, 0) is 0 Å². The Morgan fingerprint density at radius 1 is 1.25 bits per heavy atom. The second-order valence-electron chi connectivity index (χ2n) is 4.65. The number of Topliss-reactive ketones (excluding diaryl/α,β-unsaturated/α-hetero) is 1. The smallest absolute Gasteiger partial charge is 0.238 e. The van der Waals surface area contributed by atoms with E-state index in [0.29, 0.717) is 0 Å². The quantitative estimate of drug-likeness (QED) is 0.539. The zero-order valence-electron chi connectivity index (χ0n) is 9.86. The summed E-state index contributed by atoms with van der Waals surface area (Å²) in [5.41, 5.74) is 5.00. The highest BCUT2D eigenvalue weighted by Gasteiger charge is 2.30. The second-order valence-corrected chi connectivity index (χ2v) is 5.38. The highest BCUT2D eigenvalue weighted by Crippen LogP contribution is 2.17. The lowest BCUT2D eigenvalue weighted by Crippen LogP contribution is -2.52. The molecule has 16 heavy (non-hydrogen) atoms. The Kier molecular flexibility index (Phi) is 6.43. The highest BCUT2D eigenvalue weighted by molar-refractivity contribution is 7.80. The average Bonchev–Trinajstić information content (AvgIpc) is 2.21. The topological polar surface area (TPSA) is 72.2 Å². The number of hydrogen-bond donors (Lipinski definition) is 4. The number of ketones is 1. The van der Waals surface area contributed by atoms with Crippen molar-refractivity contribution in [3.8, 4) is 0 Å². The van der Waals surface area contributed by atoms with Gasteiger partial charge in [-0.2, -0.15) is 25.3 Å². The molecule has 0 aliphatic rings. The maximum Gasteiger partial charge on any atom is 0.238 e. The van der Waals surface area contributed by atoms with Crippen molar-refractivity contribution in [2.24, 2.45) is 11.1 Å². The monoisotopic (exact) mass is 264 g/mol. The van der Waals surface area contributed by atoms with E-state index < -0.39 is 17.5 Å². The van der Waals surface area contributed by atoms with E-state index in [1.54, 1.807) is 20.8 Å². The molecule has 0 aliphatic heterocycles. The van der Waals surface area contributed by atoms with E-state index in [1.165, 1.54) is 0 Å². The van der Waals surface area contributed by atoms with Crippen LogP contribution in [0.3, 0.4) is 0 Å². The Morgan fingerprint density at radius 3 is 2.06 bits per heavy atom. The summed E-state index contributed by atoms with van der Waals surface area (Å²) in [6, 6.07) is -1.29. The van der Waals surface area contributed by atoms with Gasteiger partial charge in [-0.1, -0.05) is 20.8 Å². The Morgan fingerprint density at radius 2 is 1.75 bits per heavy atom. The van der Waals surface area contributed by atoms with Crippen molar-refractivity contribution in [2.45, 2.75) is 32.9 Å². The van der Waals surface area contributed by atoms with Gasteiger partial charge in [-0.25, -0.2) is 0 Å². The molecule has 4 nitrogen and oxygen atoms in total. The van der Waals surface area contributed by atoms with Crippen molar-refractivity contribution < 1.29 is 9.59 Å². The normalized spacial score (nSPS) is 15.4. The zero-order chi connectivity index (χ0) is 12.9. The van der Waals surface area contributed by atoms with Crippen LogP contribution >= 0.6 is 25.3 Å². The van der Waals surface area contributed by atoms with Crippen LogP contribution in [0.5, 0.6) is 0 Å². The minimum Gasteiger partial charge on any atom is -0.344 e. The van der Waals surface area contributed by atoms with Crippen molar-refractivity contribution in [2.75, 3.05) is 11.5 Å². The molecule has 0 bridgehead atoms. The Balaban J connectivity index is 4.54. The molecule has 0 aromatic heterocycles. The third-order valence-corrected chi connectivity index (χ3v) is 2.85. The average molecular weight is 264 g/mol. The summed E-state index contributed by atoms with van der Waals surface area (Å²) >= 11 is 7.99. The van der Waals surface area contributed by atoms with E-state index >= 15 is 0 Å². The van der Waals surface area contributed by atoms with Gasteiger partial charge in [0.1, 0.15) is 0 Å². The summed E-state index contributed by atoms with van der Waals surface area (Å²) in [5, 5.41) is 2.58. The fourth-order valence-electron chi connectivity index (χ4n) is 1.08. The number of carbonyl (C=O) groups is 2. The summed E-state index contributed by atoms with van der Waals surface area (Å²) < 4.78 is 0. The standard InChI is InChI=1S/C10H20N2O2S2/c1-10(2,3)8(13)7(5-16)12-9(14)6(11)4-15/h6-7,15-16H,4-5,11H2,1-3H3,(H,12,14)/t6-,7-/m0/s1. The molecule has 0 aromatic rings. The van der Waals surface area contributed by atoms with Crippen LogP contribution in [-0.2, 0) is 9.59 Å². The summed E-state index contributed by atoms with van der Waals surface area (Å²) in [5.74, 6) is 0.0875. The van der Waals surface area contributed by atoms with Gasteiger partial charge in [0.25, 0.3) is 0 Å². The van der Waals surface area contributed by atoms with Crippen LogP contribution in [-0.4, -0.2) is 35.3 Å². The number of hydrogen-bond acceptors (Lipinski definition) is 5. The fourth-order valence-corrected chi connectivity index (χ4v) is 1.50. The lowest BCUT2D eigenvalue weighted by atomic mass is 9.87. The number of carbonyl (C=O) groups excluding carboxylic acids is 2. The molecule has 0 saturated carbocycles. The van der Waals surface area contributed by atoms with Gasteiger partial charge in [-0.15, -0.1) is 0 Å². The lowest BCUT2D eigenvalue weighted by molar-refractivity contribution is -0.132. The summed E-state index contributed by atoms with van der Waals surface area (Å²) in [7, 11) is 0. The number of nitrogens with two attached hydrogens (primary N) is 1. The Bertz CT molecular complexity index is 264. The van der Waals surface area contributed by atoms with Gasteiger partial charge in [-0.3, -0.25) is 9.59 Å². The third-order valence-electron chi connectivity index (χ3n) is 2.09. The minimum atomic E-state index is -0.696. The van der Waals surface area contributed by atoms with E-state index in [4.69, 9.17) is 5.73 Å². The van der Waals surface area contributed by atoms with Crippen LogP contribution in [0.2, 0.25) is 0 Å². The van der Waals surface area contributed by atoms with Gasteiger partial charge >= 0.3 is 0 Å². The predicted molar refractivity (Wildman–Crippen MR) is 72.1 cm³/mol. The van der Waals surface area contributed by atoms with Crippen molar-refractivity contribution in [3.05, 3.63) is 0 Å². The first kappa shape index (κ1) is 15.8. The van der Waals surface area contributed by atoms with E-state index in [-0.39, 0.29) is 23.2 Å². The molecule has 94 valence electrons. The third kappa shape index (κ3) is 4.76. The maximum atomic E-state index is 11.9. The van der Waals surface area contributed by atoms with E-state index in [9.17, 15) is 9.59 Å². The fraction of sp³-hybridized carbons (Fsp3) is 0.800. The van der Waals surface area contributed by atoms with Gasteiger partial charge in [0.15, 0.2) is 5.78 Å². The Labute approximate surface area is 108 Å². The largest absolute Gasteiger partial charge is 0.344 e.